The van der Waals surface area contributed by atoms with Crippen molar-refractivity contribution in [3.05, 3.63) is 12.3 Å². The van der Waals surface area contributed by atoms with Gasteiger partial charge in [0.15, 0.2) is 6.23 Å². The molecule has 0 saturated carbocycles. The molecule has 1 aliphatic heterocycles. The first-order valence-corrected chi connectivity index (χ1v) is 7.78. The maximum atomic E-state index is 12.0. The fourth-order valence-corrected chi connectivity index (χ4v) is 2.37. The lowest BCUT2D eigenvalue weighted by molar-refractivity contribution is -0.104. The Hall–Kier alpha value is -1.48. The second kappa shape index (κ2) is 10.3. The first-order valence-electron chi connectivity index (χ1n) is 7.78. The third-order valence-electron chi connectivity index (χ3n) is 3.60. The first kappa shape index (κ1) is 19.6. The number of hydrogen-bond acceptors (Lipinski definition) is 6. The summed E-state index contributed by atoms with van der Waals surface area (Å²) in [6.45, 7) is 2.08. The zero-order valence-corrected chi connectivity index (χ0v) is 13.6. The number of carbonyl (C=O) groups excluding carboxylic acids is 2. The molecule has 0 aromatic rings. The maximum Gasteiger partial charge on any atom is 0.323 e. The van der Waals surface area contributed by atoms with Gasteiger partial charge in [0.1, 0.15) is 24.6 Å². The molecule has 0 aromatic carbocycles. The fourth-order valence-electron chi connectivity index (χ4n) is 2.37. The van der Waals surface area contributed by atoms with E-state index in [0.717, 1.165) is 30.2 Å². The number of nitrogens with one attached hydrogen (secondary N) is 1. The summed E-state index contributed by atoms with van der Waals surface area (Å²) in [6, 6.07) is -0.513. The second-order valence-corrected chi connectivity index (χ2v) is 5.22. The molecule has 2 amide bonds. The zero-order valence-electron chi connectivity index (χ0n) is 13.6. The minimum Gasteiger partial charge on any atom is -0.394 e. The molecule has 1 fully saturated rings. The summed E-state index contributed by atoms with van der Waals surface area (Å²) in [5, 5.41) is 22.0. The van der Waals surface area contributed by atoms with E-state index >= 15 is 0 Å². The van der Waals surface area contributed by atoms with E-state index in [2.05, 4.69) is 12.2 Å². The number of aliphatic hydroxyl groups excluding tert-OH is 2. The molecular formula is C15H26N2O6. The van der Waals surface area contributed by atoms with E-state index in [1.807, 2.05) is 0 Å². The molecule has 1 heterocycles. The van der Waals surface area contributed by atoms with Gasteiger partial charge < -0.3 is 25.0 Å². The molecule has 4 atom stereocenters. The molecule has 3 N–H and O–H groups in total. The molecule has 132 valence electrons. The molecule has 1 saturated heterocycles. The Morgan fingerprint density at radius 2 is 2.17 bits per heavy atom. The van der Waals surface area contributed by atoms with Crippen molar-refractivity contribution in [2.45, 2.75) is 50.7 Å². The van der Waals surface area contributed by atoms with E-state index in [4.69, 9.17) is 9.47 Å². The van der Waals surface area contributed by atoms with Crippen LogP contribution in [0.15, 0.2) is 12.3 Å². The van der Waals surface area contributed by atoms with Crippen LogP contribution in [-0.2, 0) is 14.3 Å². The lowest BCUT2D eigenvalue weighted by Gasteiger charge is -2.29. The average Bonchev–Trinajstić information content (AvgIpc) is 2.88. The average molecular weight is 330 g/mol. The largest absolute Gasteiger partial charge is 0.394 e. The van der Waals surface area contributed by atoms with E-state index in [1.54, 1.807) is 0 Å². The van der Waals surface area contributed by atoms with Crippen LogP contribution < -0.4 is 5.32 Å². The van der Waals surface area contributed by atoms with Gasteiger partial charge in [-0.25, -0.2) is 4.79 Å². The van der Waals surface area contributed by atoms with Crippen molar-refractivity contribution >= 4 is 12.3 Å². The predicted molar refractivity (Wildman–Crippen MR) is 82.5 cm³/mol. The fraction of sp³-hybridized carbons (Fsp3) is 0.733. The second-order valence-electron chi connectivity index (χ2n) is 5.22. The number of hydrogen-bond donors (Lipinski definition) is 3. The summed E-state index contributed by atoms with van der Waals surface area (Å²) in [4.78, 5) is 23.7. The van der Waals surface area contributed by atoms with Crippen LogP contribution in [-0.4, -0.2) is 72.2 Å². The minimum absolute atomic E-state index is 0.397. The predicted octanol–water partition coefficient (Wildman–Crippen LogP) is -0.00610. The molecule has 0 aromatic heterocycles. The third-order valence-corrected chi connectivity index (χ3v) is 3.60. The Balaban J connectivity index is 2.88. The topological polar surface area (TPSA) is 108 Å². The summed E-state index contributed by atoms with van der Waals surface area (Å²) in [6.07, 6.45) is 2.11. The Bertz CT molecular complexity index is 403. The smallest absolute Gasteiger partial charge is 0.323 e. The molecule has 8 nitrogen and oxygen atoms in total. The van der Waals surface area contributed by atoms with E-state index in [9.17, 15) is 19.8 Å². The van der Waals surface area contributed by atoms with Gasteiger partial charge in [0, 0.05) is 19.9 Å². The van der Waals surface area contributed by atoms with E-state index < -0.39 is 37.2 Å². The standard InChI is InChI=1S/C15H26N2O6/c1-3-4-5-9-22-13-12(20)11(10-19)23-14(13)17(7-6-8-18)15(21)16-2/h6-8,11-14,19-20H,3-5,9-10H2,1-2H3,(H,16,21)/b7-6-/t11-,12-,13-,14-/m1/s1. The summed E-state index contributed by atoms with van der Waals surface area (Å²) in [5.74, 6) is 0. The highest BCUT2D eigenvalue weighted by atomic mass is 16.6. The van der Waals surface area contributed by atoms with Gasteiger partial charge >= 0.3 is 6.03 Å². The number of aldehydes is 1. The number of carbonyl (C=O) groups is 2. The maximum absolute atomic E-state index is 12.0. The minimum atomic E-state index is -1.07. The zero-order chi connectivity index (χ0) is 17.2. The van der Waals surface area contributed by atoms with Gasteiger partial charge in [0.05, 0.1) is 6.61 Å². The van der Waals surface area contributed by atoms with Gasteiger partial charge in [0.25, 0.3) is 0 Å². The number of ether oxygens (including phenoxy) is 2. The summed E-state index contributed by atoms with van der Waals surface area (Å²) in [5.41, 5.74) is 0. The molecular weight excluding hydrogens is 304 g/mol. The number of aliphatic hydroxyl groups is 2. The van der Waals surface area contributed by atoms with Gasteiger partial charge in [-0.3, -0.25) is 9.69 Å². The van der Waals surface area contributed by atoms with Gasteiger partial charge in [0.2, 0.25) is 0 Å². The Morgan fingerprint density at radius 3 is 2.74 bits per heavy atom. The van der Waals surface area contributed by atoms with Gasteiger partial charge in [-0.2, -0.15) is 0 Å². The van der Waals surface area contributed by atoms with Crippen LogP contribution in [0.2, 0.25) is 0 Å². The van der Waals surface area contributed by atoms with Crippen molar-refractivity contribution < 1.29 is 29.3 Å². The van der Waals surface area contributed by atoms with Crippen molar-refractivity contribution in [3.63, 3.8) is 0 Å². The molecule has 0 unspecified atom stereocenters. The van der Waals surface area contributed by atoms with E-state index in [0.29, 0.717) is 12.9 Å². The number of urea groups is 1. The number of rotatable bonds is 9. The Kier molecular flexibility index (Phi) is 8.78. The molecule has 23 heavy (non-hydrogen) atoms. The van der Waals surface area contributed by atoms with Crippen molar-refractivity contribution in [1.29, 1.82) is 0 Å². The van der Waals surface area contributed by atoms with Crippen LogP contribution in [0.25, 0.3) is 0 Å². The quantitative estimate of drug-likeness (QED) is 0.312. The molecule has 1 rings (SSSR count). The summed E-state index contributed by atoms with van der Waals surface area (Å²) >= 11 is 0. The lowest BCUT2D eigenvalue weighted by atomic mass is 10.1. The highest BCUT2D eigenvalue weighted by Crippen LogP contribution is 2.27. The van der Waals surface area contributed by atoms with Crippen molar-refractivity contribution in [2.24, 2.45) is 0 Å². The monoisotopic (exact) mass is 330 g/mol. The number of unbranched alkanes of at least 4 members (excludes halogenated alkanes) is 2. The van der Waals surface area contributed by atoms with Gasteiger partial charge in [-0.1, -0.05) is 19.8 Å². The highest BCUT2D eigenvalue weighted by molar-refractivity contribution is 5.76. The van der Waals surface area contributed by atoms with Crippen LogP contribution in [0, 0.1) is 0 Å². The lowest BCUT2D eigenvalue weighted by Crippen LogP contribution is -2.48. The van der Waals surface area contributed by atoms with Crippen LogP contribution in [0.5, 0.6) is 0 Å². The highest BCUT2D eigenvalue weighted by Gasteiger charge is 2.47. The molecule has 0 aliphatic carbocycles. The third kappa shape index (κ3) is 5.28. The molecule has 0 radical (unpaired) electrons. The van der Waals surface area contributed by atoms with Gasteiger partial charge in [-0.05, 0) is 12.5 Å². The van der Waals surface area contributed by atoms with E-state index in [-0.39, 0.29) is 0 Å². The number of allylic oxidation sites excluding steroid dienone is 1. The molecule has 1 aliphatic rings. The first-order chi connectivity index (χ1) is 11.1. The Labute approximate surface area is 136 Å². The van der Waals surface area contributed by atoms with Crippen molar-refractivity contribution in [1.82, 2.24) is 10.2 Å². The van der Waals surface area contributed by atoms with Crippen LogP contribution in [0.4, 0.5) is 4.79 Å². The van der Waals surface area contributed by atoms with Crippen molar-refractivity contribution in [3.8, 4) is 0 Å². The van der Waals surface area contributed by atoms with Crippen LogP contribution >= 0.6 is 0 Å². The normalized spacial score (nSPS) is 27.3. The molecule has 0 spiro atoms. The summed E-state index contributed by atoms with van der Waals surface area (Å²) in [7, 11) is 1.44. The summed E-state index contributed by atoms with van der Waals surface area (Å²) < 4.78 is 11.2. The van der Waals surface area contributed by atoms with Crippen LogP contribution in [0.3, 0.4) is 0 Å². The number of amides is 2. The number of nitrogens with zero attached hydrogens (tertiary/aromatic N) is 1. The SMILES string of the molecule is CCCCCO[C@@H]1[C@H](O)[C@@H](CO)O[C@H]1N(/C=C\C=O)C(=O)NC. The molecule has 0 bridgehead atoms. The van der Waals surface area contributed by atoms with Crippen LogP contribution in [0.1, 0.15) is 26.2 Å². The Morgan fingerprint density at radius 1 is 1.43 bits per heavy atom. The van der Waals surface area contributed by atoms with E-state index in [1.165, 1.54) is 13.2 Å². The molecule has 8 heteroatoms. The van der Waals surface area contributed by atoms with Crippen molar-refractivity contribution in [2.75, 3.05) is 20.3 Å². The van der Waals surface area contributed by atoms with Gasteiger partial charge in [-0.15, -0.1) is 0 Å².